The van der Waals surface area contributed by atoms with Gasteiger partial charge in [-0.1, -0.05) is 0 Å². The second kappa shape index (κ2) is 6.98. The number of benzene rings is 1. The summed E-state index contributed by atoms with van der Waals surface area (Å²) in [6.07, 6.45) is 1.44. The molecule has 1 N–H and O–H groups in total. The molecule has 3 heterocycles. The van der Waals surface area contributed by atoms with E-state index in [0.717, 1.165) is 28.0 Å². The number of carbonyl (C=O) groups excluding carboxylic acids is 2. The third kappa shape index (κ3) is 3.24. The Morgan fingerprint density at radius 2 is 1.97 bits per heavy atom. The Morgan fingerprint density at radius 3 is 2.70 bits per heavy atom. The Bertz CT molecular complexity index is 1120. The van der Waals surface area contributed by atoms with Crippen LogP contribution in [0.15, 0.2) is 24.3 Å². The smallest absolute Gasteiger partial charge is 0.270 e. The number of hydrogen-bond donors (Lipinski definition) is 1. The number of aromatic nitrogens is 1. The van der Waals surface area contributed by atoms with Crippen LogP contribution in [0.25, 0.3) is 10.9 Å². The summed E-state index contributed by atoms with van der Waals surface area (Å²) >= 11 is 0. The lowest BCUT2D eigenvalue weighted by molar-refractivity contribution is -0.133. The van der Waals surface area contributed by atoms with E-state index in [-0.39, 0.29) is 24.2 Å². The minimum Gasteiger partial charge on any atom is -0.497 e. The van der Waals surface area contributed by atoms with E-state index < -0.39 is 22.0 Å². The average molecular weight is 433 g/mol. The number of methoxy groups -OCH3 is 1. The quantitative estimate of drug-likeness (QED) is 0.764. The molecule has 160 valence electrons. The van der Waals surface area contributed by atoms with Gasteiger partial charge in [0, 0.05) is 49.2 Å². The van der Waals surface area contributed by atoms with E-state index >= 15 is 0 Å². The Balaban J connectivity index is 1.39. The molecule has 1 saturated carbocycles. The Kier molecular flexibility index (Phi) is 4.51. The summed E-state index contributed by atoms with van der Waals surface area (Å²) in [5.74, 6) is 0.0581. The SMILES string of the molecule is COc1ccc2cc(C(=O)N3CCN4CCS(=O)(=O)N(C5CC5)C(=O)C4C3)[nH]c2c1. The molecule has 5 rings (SSSR count). The lowest BCUT2D eigenvalue weighted by atomic mass is 10.1. The third-order valence-corrected chi connectivity index (χ3v) is 7.93. The molecule has 2 aromatic rings. The molecule has 2 aliphatic heterocycles. The fourth-order valence-corrected chi connectivity index (χ4v) is 6.08. The molecule has 10 heteroatoms. The van der Waals surface area contributed by atoms with Crippen molar-refractivity contribution in [2.75, 3.05) is 39.0 Å². The van der Waals surface area contributed by atoms with Crippen molar-refractivity contribution in [3.63, 3.8) is 0 Å². The zero-order valence-electron chi connectivity index (χ0n) is 16.7. The minimum atomic E-state index is -3.60. The van der Waals surface area contributed by atoms with Crippen molar-refractivity contribution in [2.24, 2.45) is 0 Å². The molecule has 3 fully saturated rings. The van der Waals surface area contributed by atoms with Gasteiger partial charge >= 0.3 is 0 Å². The number of aromatic amines is 1. The van der Waals surface area contributed by atoms with Crippen LogP contribution in [0.5, 0.6) is 5.75 Å². The maximum Gasteiger partial charge on any atom is 0.270 e. The molecule has 0 radical (unpaired) electrons. The van der Waals surface area contributed by atoms with Gasteiger partial charge in [0.05, 0.1) is 12.9 Å². The number of amides is 2. The fraction of sp³-hybridized carbons (Fsp3) is 0.500. The lowest BCUT2D eigenvalue weighted by Crippen LogP contribution is -2.59. The molecule has 2 amide bonds. The zero-order valence-corrected chi connectivity index (χ0v) is 17.5. The molecule has 0 spiro atoms. The highest BCUT2D eigenvalue weighted by Crippen LogP contribution is 2.33. The number of nitrogens with one attached hydrogen (secondary N) is 1. The maximum atomic E-state index is 13.1. The molecular formula is C20H24N4O5S. The van der Waals surface area contributed by atoms with Crippen LogP contribution in [0.3, 0.4) is 0 Å². The van der Waals surface area contributed by atoms with Gasteiger partial charge < -0.3 is 14.6 Å². The first-order chi connectivity index (χ1) is 14.4. The second-order valence-corrected chi connectivity index (χ2v) is 10.1. The van der Waals surface area contributed by atoms with Crippen molar-refractivity contribution in [2.45, 2.75) is 24.9 Å². The van der Waals surface area contributed by atoms with Crippen molar-refractivity contribution in [3.8, 4) is 5.75 Å². The number of ether oxygens (including phenoxy) is 1. The van der Waals surface area contributed by atoms with Crippen LogP contribution < -0.4 is 4.74 Å². The van der Waals surface area contributed by atoms with Crippen molar-refractivity contribution < 1.29 is 22.7 Å². The van der Waals surface area contributed by atoms with Crippen LogP contribution in [0.2, 0.25) is 0 Å². The molecule has 0 bridgehead atoms. The van der Waals surface area contributed by atoms with Gasteiger partial charge in [0.15, 0.2) is 0 Å². The summed E-state index contributed by atoms with van der Waals surface area (Å²) in [5.41, 5.74) is 1.24. The summed E-state index contributed by atoms with van der Waals surface area (Å²) in [5, 5.41) is 0.898. The number of nitrogens with zero attached hydrogens (tertiary/aromatic N) is 3. The Hall–Kier alpha value is -2.59. The summed E-state index contributed by atoms with van der Waals surface area (Å²) in [7, 11) is -2.01. The third-order valence-electron chi connectivity index (χ3n) is 6.16. The number of H-pyrrole nitrogens is 1. The van der Waals surface area contributed by atoms with Gasteiger partial charge in [-0.15, -0.1) is 0 Å². The van der Waals surface area contributed by atoms with Gasteiger partial charge in [-0.05, 0) is 31.0 Å². The van der Waals surface area contributed by atoms with Crippen LogP contribution in [0.1, 0.15) is 23.3 Å². The van der Waals surface area contributed by atoms with Crippen molar-refractivity contribution in [1.29, 1.82) is 0 Å². The van der Waals surface area contributed by atoms with E-state index in [1.165, 1.54) is 0 Å². The normalized spacial score (nSPS) is 24.6. The molecule has 1 aromatic heterocycles. The van der Waals surface area contributed by atoms with Crippen LogP contribution in [0.4, 0.5) is 0 Å². The maximum absolute atomic E-state index is 13.1. The minimum absolute atomic E-state index is 0.0520. The first-order valence-electron chi connectivity index (χ1n) is 10.1. The molecule has 2 saturated heterocycles. The molecule has 9 nitrogen and oxygen atoms in total. The summed E-state index contributed by atoms with van der Waals surface area (Å²) in [6, 6.07) is 6.51. The number of rotatable bonds is 3. The highest BCUT2D eigenvalue weighted by atomic mass is 32.2. The van der Waals surface area contributed by atoms with Gasteiger partial charge in [-0.3, -0.25) is 14.5 Å². The highest BCUT2D eigenvalue weighted by Gasteiger charge is 2.48. The van der Waals surface area contributed by atoms with Crippen LogP contribution in [-0.2, 0) is 14.8 Å². The molecular weight excluding hydrogens is 408 g/mol. The molecule has 3 aliphatic rings. The largest absolute Gasteiger partial charge is 0.497 e. The molecule has 1 aromatic carbocycles. The Labute approximate surface area is 174 Å². The topological polar surface area (TPSA) is 103 Å². The van der Waals surface area contributed by atoms with Gasteiger partial charge in [0.2, 0.25) is 10.0 Å². The fourth-order valence-electron chi connectivity index (χ4n) is 4.36. The average Bonchev–Trinajstić information content (AvgIpc) is 3.48. The van der Waals surface area contributed by atoms with Gasteiger partial charge in [-0.2, -0.15) is 0 Å². The number of piperazine rings is 1. The van der Waals surface area contributed by atoms with Crippen molar-refractivity contribution >= 4 is 32.7 Å². The monoisotopic (exact) mass is 432 g/mol. The van der Waals surface area contributed by atoms with Gasteiger partial charge in [0.25, 0.3) is 11.8 Å². The first-order valence-corrected chi connectivity index (χ1v) is 11.7. The summed E-state index contributed by atoms with van der Waals surface area (Å²) < 4.78 is 31.5. The van der Waals surface area contributed by atoms with Crippen molar-refractivity contribution in [1.82, 2.24) is 19.1 Å². The number of sulfonamides is 1. The summed E-state index contributed by atoms with van der Waals surface area (Å²) in [4.78, 5) is 33.0. The predicted octanol–water partition coefficient (Wildman–Crippen LogP) is 0.637. The zero-order chi connectivity index (χ0) is 21.0. The molecule has 1 atom stereocenters. The predicted molar refractivity (Wildman–Crippen MR) is 110 cm³/mol. The number of hydrogen-bond acceptors (Lipinski definition) is 6. The van der Waals surface area contributed by atoms with E-state index in [1.807, 2.05) is 23.1 Å². The number of fused-ring (bicyclic) bond motifs is 2. The van der Waals surface area contributed by atoms with Crippen molar-refractivity contribution in [3.05, 3.63) is 30.0 Å². The molecule has 1 aliphatic carbocycles. The second-order valence-electron chi connectivity index (χ2n) is 8.12. The van der Waals surface area contributed by atoms with Gasteiger partial charge in [-0.25, -0.2) is 12.7 Å². The summed E-state index contributed by atoms with van der Waals surface area (Å²) in [6.45, 7) is 1.43. The van der Waals surface area contributed by atoms with Gasteiger partial charge in [0.1, 0.15) is 17.5 Å². The van der Waals surface area contributed by atoms with Crippen LogP contribution in [0, 0.1) is 0 Å². The van der Waals surface area contributed by atoms with E-state index in [2.05, 4.69) is 4.98 Å². The van der Waals surface area contributed by atoms with E-state index in [4.69, 9.17) is 4.74 Å². The molecule has 1 unspecified atom stereocenters. The van der Waals surface area contributed by atoms with Crippen LogP contribution >= 0.6 is 0 Å². The standard InChI is InChI=1S/C20H24N4O5S/c1-29-15-5-2-13-10-17(21-16(13)11-15)19(25)23-7-6-22-8-9-30(27,28)24(14-3-4-14)20(26)18(22)12-23/h2,5,10-11,14,18,21H,3-4,6-9,12H2,1H3. The highest BCUT2D eigenvalue weighted by molar-refractivity contribution is 7.89. The Morgan fingerprint density at radius 1 is 1.17 bits per heavy atom. The van der Waals surface area contributed by atoms with E-state index in [9.17, 15) is 18.0 Å². The first kappa shape index (κ1) is 19.4. The van der Waals surface area contributed by atoms with E-state index in [1.54, 1.807) is 18.1 Å². The lowest BCUT2D eigenvalue weighted by Gasteiger charge is -2.39. The molecule has 30 heavy (non-hydrogen) atoms. The van der Waals surface area contributed by atoms with Crippen LogP contribution in [-0.4, -0.2) is 90.4 Å². The number of carbonyl (C=O) groups is 2. The van der Waals surface area contributed by atoms with E-state index in [0.29, 0.717) is 31.1 Å².